The number of hydrogen-bond donors (Lipinski definition) is 1. The zero-order valence-corrected chi connectivity index (χ0v) is 17.3. The molecule has 1 N–H and O–H groups in total. The third-order valence-electron chi connectivity index (χ3n) is 5.20. The van der Waals surface area contributed by atoms with E-state index in [-0.39, 0.29) is 17.8 Å². The Kier molecular flexibility index (Phi) is 6.04. The molecule has 0 spiro atoms. The van der Waals surface area contributed by atoms with Crippen LogP contribution in [0.5, 0.6) is 0 Å². The van der Waals surface area contributed by atoms with Gasteiger partial charge in [-0.25, -0.2) is 9.40 Å². The van der Waals surface area contributed by atoms with E-state index in [9.17, 15) is 9.18 Å². The number of nitrogens with one attached hydrogen (secondary N) is 1. The van der Waals surface area contributed by atoms with Crippen LogP contribution in [0, 0.1) is 5.82 Å². The maximum Gasteiger partial charge on any atom is 0.281 e. The number of amides is 1. The first-order valence-electron chi connectivity index (χ1n) is 9.64. The third-order valence-corrected chi connectivity index (χ3v) is 5.74. The Morgan fingerprint density at radius 1 is 1.07 bits per heavy atom. The summed E-state index contributed by atoms with van der Waals surface area (Å²) >= 11 is 12.4. The molecule has 2 aromatic carbocycles. The molecule has 4 rings (SSSR count). The third kappa shape index (κ3) is 4.55. The van der Waals surface area contributed by atoms with Crippen molar-refractivity contribution in [3.63, 3.8) is 0 Å². The first kappa shape index (κ1) is 20.1. The van der Waals surface area contributed by atoms with Gasteiger partial charge < -0.3 is 0 Å². The van der Waals surface area contributed by atoms with Crippen LogP contribution in [0.25, 0.3) is 0 Å². The Balaban J connectivity index is 1.62. The van der Waals surface area contributed by atoms with Gasteiger partial charge in [-0.2, -0.15) is 5.10 Å². The SMILES string of the molecule is O=C(NN1CCCCC1)C1=NN(c2ccc(Cl)cc2Cl)C(c2ccc(F)cc2)C1. The van der Waals surface area contributed by atoms with Gasteiger partial charge in [-0.1, -0.05) is 41.8 Å². The number of hydrogen-bond acceptors (Lipinski definition) is 4. The second-order valence-electron chi connectivity index (χ2n) is 7.25. The van der Waals surface area contributed by atoms with E-state index in [1.165, 1.54) is 18.6 Å². The number of carbonyl (C=O) groups excluding carboxylic acids is 1. The van der Waals surface area contributed by atoms with E-state index >= 15 is 0 Å². The van der Waals surface area contributed by atoms with Crippen LogP contribution in [0.4, 0.5) is 10.1 Å². The van der Waals surface area contributed by atoms with E-state index in [1.54, 1.807) is 35.3 Å². The van der Waals surface area contributed by atoms with Crippen molar-refractivity contribution in [1.29, 1.82) is 0 Å². The van der Waals surface area contributed by atoms with E-state index in [0.717, 1.165) is 31.5 Å². The highest BCUT2D eigenvalue weighted by atomic mass is 35.5. The van der Waals surface area contributed by atoms with E-state index in [1.807, 2.05) is 5.01 Å². The molecule has 0 saturated carbocycles. The number of hydrazine groups is 1. The second-order valence-corrected chi connectivity index (χ2v) is 8.09. The summed E-state index contributed by atoms with van der Waals surface area (Å²) in [5.41, 5.74) is 4.87. The summed E-state index contributed by atoms with van der Waals surface area (Å²) in [4.78, 5) is 12.8. The summed E-state index contributed by atoms with van der Waals surface area (Å²) < 4.78 is 13.4. The zero-order valence-electron chi connectivity index (χ0n) is 15.7. The Morgan fingerprint density at radius 3 is 2.48 bits per heavy atom. The minimum Gasteiger partial charge on any atom is -0.284 e. The van der Waals surface area contributed by atoms with Crippen LogP contribution < -0.4 is 10.4 Å². The number of carbonyl (C=O) groups is 1. The largest absolute Gasteiger partial charge is 0.284 e. The van der Waals surface area contributed by atoms with Crippen LogP contribution in [0.3, 0.4) is 0 Å². The monoisotopic (exact) mass is 434 g/mol. The standard InChI is InChI=1S/C21H21Cl2FN4O/c22-15-6-9-19(17(23)12-15)28-20(14-4-7-16(24)8-5-14)13-18(25-28)21(29)26-27-10-2-1-3-11-27/h4-9,12,20H,1-3,10-11,13H2,(H,26,29). The molecule has 1 fully saturated rings. The predicted octanol–water partition coefficient (Wildman–Crippen LogP) is 4.96. The van der Waals surface area contributed by atoms with Crippen LogP contribution in [-0.4, -0.2) is 29.7 Å². The number of hydrazone groups is 1. The number of piperidine rings is 1. The van der Waals surface area contributed by atoms with Crippen molar-refractivity contribution < 1.29 is 9.18 Å². The summed E-state index contributed by atoms with van der Waals surface area (Å²) in [6, 6.07) is 11.1. The van der Waals surface area contributed by atoms with Gasteiger partial charge in [-0.3, -0.25) is 15.2 Å². The molecule has 1 unspecified atom stereocenters. The van der Waals surface area contributed by atoms with Gasteiger partial charge in [0.15, 0.2) is 0 Å². The highest BCUT2D eigenvalue weighted by molar-refractivity contribution is 6.40. The Labute approximate surface area is 179 Å². The number of anilines is 1. The predicted molar refractivity (Wildman–Crippen MR) is 114 cm³/mol. The van der Waals surface area contributed by atoms with E-state index in [0.29, 0.717) is 27.9 Å². The molecule has 0 aliphatic carbocycles. The normalized spacial score (nSPS) is 19.9. The first-order valence-corrected chi connectivity index (χ1v) is 10.4. The Morgan fingerprint density at radius 2 is 1.79 bits per heavy atom. The van der Waals surface area contributed by atoms with Crippen molar-refractivity contribution in [3.8, 4) is 0 Å². The lowest BCUT2D eigenvalue weighted by atomic mass is 10.0. The van der Waals surface area contributed by atoms with Gasteiger partial charge in [-0.05, 0) is 48.7 Å². The van der Waals surface area contributed by atoms with Gasteiger partial charge in [0.25, 0.3) is 5.91 Å². The topological polar surface area (TPSA) is 47.9 Å². The van der Waals surface area contributed by atoms with Crippen molar-refractivity contribution in [3.05, 3.63) is 63.9 Å². The highest BCUT2D eigenvalue weighted by Gasteiger charge is 2.34. The van der Waals surface area contributed by atoms with Crippen molar-refractivity contribution in [2.24, 2.45) is 5.10 Å². The number of halogens is 3. The van der Waals surface area contributed by atoms with Crippen molar-refractivity contribution in [2.45, 2.75) is 31.7 Å². The Bertz CT molecular complexity index is 929. The fourth-order valence-corrected chi connectivity index (χ4v) is 4.19. The van der Waals surface area contributed by atoms with Gasteiger partial charge in [0, 0.05) is 24.5 Å². The van der Waals surface area contributed by atoms with Gasteiger partial charge >= 0.3 is 0 Å². The quantitative estimate of drug-likeness (QED) is 0.739. The van der Waals surface area contributed by atoms with Crippen LogP contribution >= 0.6 is 23.2 Å². The molecule has 2 heterocycles. The van der Waals surface area contributed by atoms with Gasteiger partial charge in [0.05, 0.1) is 16.8 Å². The molecule has 0 aromatic heterocycles. The summed E-state index contributed by atoms with van der Waals surface area (Å²) in [5, 5.41) is 9.20. The van der Waals surface area contributed by atoms with Gasteiger partial charge in [0.2, 0.25) is 0 Å². The summed E-state index contributed by atoms with van der Waals surface area (Å²) in [5.74, 6) is -0.529. The van der Waals surface area contributed by atoms with Crippen molar-refractivity contribution in [1.82, 2.24) is 10.4 Å². The minimum atomic E-state index is -0.313. The molecule has 1 saturated heterocycles. The molecule has 2 aliphatic heterocycles. The second kappa shape index (κ2) is 8.69. The summed E-state index contributed by atoms with van der Waals surface area (Å²) in [6.45, 7) is 1.68. The lowest BCUT2D eigenvalue weighted by Gasteiger charge is -2.26. The highest BCUT2D eigenvalue weighted by Crippen LogP contribution is 2.39. The fraction of sp³-hybridized carbons (Fsp3) is 0.333. The van der Waals surface area contributed by atoms with Crippen LogP contribution in [-0.2, 0) is 4.79 Å². The maximum atomic E-state index is 13.4. The molecule has 1 amide bonds. The first-order chi connectivity index (χ1) is 14.0. The van der Waals surface area contributed by atoms with Gasteiger partial charge in [0.1, 0.15) is 11.5 Å². The summed E-state index contributed by atoms with van der Waals surface area (Å²) in [6.07, 6.45) is 3.71. The van der Waals surface area contributed by atoms with Crippen molar-refractivity contribution in [2.75, 3.05) is 18.1 Å². The number of rotatable bonds is 4. The molecule has 0 radical (unpaired) electrons. The van der Waals surface area contributed by atoms with E-state index in [4.69, 9.17) is 23.2 Å². The van der Waals surface area contributed by atoms with Crippen LogP contribution in [0.2, 0.25) is 10.0 Å². The molecular weight excluding hydrogens is 414 g/mol. The van der Waals surface area contributed by atoms with E-state index in [2.05, 4.69) is 10.5 Å². The van der Waals surface area contributed by atoms with Gasteiger partial charge in [-0.15, -0.1) is 0 Å². The maximum absolute atomic E-state index is 13.4. The molecule has 8 heteroatoms. The molecule has 2 aromatic rings. The number of benzene rings is 2. The lowest BCUT2D eigenvalue weighted by Crippen LogP contribution is -2.47. The average Bonchev–Trinajstić information content (AvgIpc) is 3.14. The fourth-order valence-electron chi connectivity index (χ4n) is 3.69. The average molecular weight is 435 g/mol. The molecule has 5 nitrogen and oxygen atoms in total. The van der Waals surface area contributed by atoms with E-state index < -0.39 is 0 Å². The summed E-state index contributed by atoms with van der Waals surface area (Å²) in [7, 11) is 0. The Hall–Kier alpha value is -2.15. The van der Waals surface area contributed by atoms with Crippen LogP contribution in [0.15, 0.2) is 47.6 Å². The molecule has 0 bridgehead atoms. The molecular formula is C21H21Cl2FN4O. The van der Waals surface area contributed by atoms with Crippen LogP contribution in [0.1, 0.15) is 37.3 Å². The van der Waals surface area contributed by atoms with Crippen molar-refractivity contribution >= 4 is 40.5 Å². The molecule has 1 atom stereocenters. The minimum absolute atomic E-state index is 0.216. The smallest absolute Gasteiger partial charge is 0.281 e. The molecule has 29 heavy (non-hydrogen) atoms. The molecule has 2 aliphatic rings. The zero-order chi connectivity index (χ0) is 20.4. The number of nitrogens with zero attached hydrogens (tertiary/aromatic N) is 3. The molecule has 152 valence electrons. The lowest BCUT2D eigenvalue weighted by molar-refractivity contribution is -0.119.